The van der Waals surface area contributed by atoms with Crippen LogP contribution in [0.2, 0.25) is 0 Å². The number of carbonyl (C=O) groups excluding carboxylic acids is 1. The van der Waals surface area contributed by atoms with Gasteiger partial charge in [-0.15, -0.1) is 0 Å². The second-order valence-corrected chi connectivity index (χ2v) is 5.80. The molecule has 21 heavy (non-hydrogen) atoms. The molecule has 0 bridgehead atoms. The van der Waals surface area contributed by atoms with Gasteiger partial charge < -0.3 is 4.90 Å². The van der Waals surface area contributed by atoms with Gasteiger partial charge in [-0.25, -0.2) is 0 Å². The van der Waals surface area contributed by atoms with Crippen molar-refractivity contribution in [2.24, 2.45) is 5.41 Å². The van der Waals surface area contributed by atoms with E-state index in [-0.39, 0.29) is 5.91 Å². The quantitative estimate of drug-likeness (QED) is 0.836. The zero-order chi connectivity index (χ0) is 14.9. The molecule has 0 unspecified atom stereocenters. The fourth-order valence-corrected chi connectivity index (χ4v) is 3.18. The number of anilines is 1. The Bertz CT molecular complexity index is 723. The molecular formula is C18H18N2O. The van der Waals surface area contributed by atoms with Crippen molar-refractivity contribution >= 4 is 22.4 Å². The lowest BCUT2D eigenvalue weighted by Crippen LogP contribution is -2.39. The first-order chi connectivity index (χ1) is 10.2. The van der Waals surface area contributed by atoms with Gasteiger partial charge in [-0.1, -0.05) is 43.2 Å². The summed E-state index contributed by atoms with van der Waals surface area (Å²) in [4.78, 5) is 14.4. The lowest BCUT2D eigenvalue weighted by molar-refractivity contribution is -0.124. The fourth-order valence-electron chi connectivity index (χ4n) is 3.18. The van der Waals surface area contributed by atoms with E-state index in [1.54, 1.807) is 11.9 Å². The van der Waals surface area contributed by atoms with Crippen LogP contribution >= 0.6 is 0 Å². The molecule has 3 rings (SSSR count). The van der Waals surface area contributed by atoms with Crippen molar-refractivity contribution in [2.45, 2.75) is 25.7 Å². The third-order valence-corrected chi connectivity index (χ3v) is 4.51. The summed E-state index contributed by atoms with van der Waals surface area (Å²) in [5, 5.41) is 11.7. The number of hydrogen-bond acceptors (Lipinski definition) is 2. The van der Waals surface area contributed by atoms with Crippen LogP contribution in [-0.2, 0) is 4.79 Å². The first-order valence-corrected chi connectivity index (χ1v) is 7.34. The minimum absolute atomic E-state index is 0.0715. The van der Waals surface area contributed by atoms with Crippen LogP contribution in [0.3, 0.4) is 0 Å². The maximum atomic E-state index is 12.7. The van der Waals surface area contributed by atoms with E-state index in [4.69, 9.17) is 0 Å². The summed E-state index contributed by atoms with van der Waals surface area (Å²) in [5.74, 6) is -0.0715. The summed E-state index contributed by atoms with van der Waals surface area (Å²) in [7, 11) is 1.77. The Morgan fingerprint density at radius 1 is 1.14 bits per heavy atom. The minimum atomic E-state index is -0.819. The lowest BCUT2D eigenvalue weighted by atomic mass is 9.86. The highest BCUT2D eigenvalue weighted by Crippen LogP contribution is 2.39. The molecule has 1 saturated carbocycles. The number of rotatable bonds is 2. The minimum Gasteiger partial charge on any atom is -0.314 e. The van der Waals surface area contributed by atoms with E-state index in [9.17, 15) is 10.1 Å². The van der Waals surface area contributed by atoms with Gasteiger partial charge in [0.05, 0.1) is 6.07 Å². The van der Waals surface area contributed by atoms with E-state index in [1.807, 2.05) is 36.4 Å². The van der Waals surface area contributed by atoms with Gasteiger partial charge in [-0.05, 0) is 35.7 Å². The maximum Gasteiger partial charge on any atom is 0.247 e. The Kier molecular flexibility index (Phi) is 3.39. The molecule has 1 amide bonds. The third-order valence-electron chi connectivity index (χ3n) is 4.51. The Hall–Kier alpha value is -2.34. The molecule has 106 valence electrons. The van der Waals surface area contributed by atoms with Crippen LogP contribution in [0.4, 0.5) is 5.69 Å². The number of nitrogens with zero attached hydrogens (tertiary/aromatic N) is 2. The van der Waals surface area contributed by atoms with Crippen LogP contribution in [0.1, 0.15) is 25.7 Å². The fraction of sp³-hybridized carbons (Fsp3) is 0.333. The largest absolute Gasteiger partial charge is 0.314 e. The molecule has 1 fully saturated rings. The molecule has 0 aliphatic heterocycles. The molecule has 0 radical (unpaired) electrons. The van der Waals surface area contributed by atoms with Gasteiger partial charge in [0.25, 0.3) is 0 Å². The van der Waals surface area contributed by atoms with Gasteiger partial charge in [0.15, 0.2) is 0 Å². The van der Waals surface area contributed by atoms with Gasteiger partial charge in [0.2, 0.25) is 5.91 Å². The number of carbonyl (C=O) groups is 1. The van der Waals surface area contributed by atoms with Gasteiger partial charge >= 0.3 is 0 Å². The van der Waals surface area contributed by atoms with Crippen LogP contribution in [0.25, 0.3) is 10.8 Å². The van der Waals surface area contributed by atoms with Crippen LogP contribution < -0.4 is 4.90 Å². The molecule has 2 aromatic rings. The monoisotopic (exact) mass is 278 g/mol. The van der Waals surface area contributed by atoms with Crippen LogP contribution in [0, 0.1) is 16.7 Å². The smallest absolute Gasteiger partial charge is 0.247 e. The number of fused-ring (bicyclic) bond motifs is 1. The van der Waals surface area contributed by atoms with Crippen molar-refractivity contribution in [3.05, 3.63) is 42.5 Å². The van der Waals surface area contributed by atoms with Crippen LogP contribution in [0.5, 0.6) is 0 Å². The second-order valence-electron chi connectivity index (χ2n) is 5.80. The highest BCUT2D eigenvalue weighted by molar-refractivity contribution is 6.00. The molecule has 2 aromatic carbocycles. The summed E-state index contributed by atoms with van der Waals surface area (Å²) >= 11 is 0. The van der Waals surface area contributed by atoms with E-state index in [0.29, 0.717) is 12.8 Å². The maximum absolute atomic E-state index is 12.7. The summed E-state index contributed by atoms with van der Waals surface area (Å²) in [6, 6.07) is 16.3. The second kappa shape index (κ2) is 5.21. The molecule has 0 spiro atoms. The summed E-state index contributed by atoms with van der Waals surface area (Å²) in [6.45, 7) is 0. The van der Waals surface area contributed by atoms with Crippen molar-refractivity contribution in [1.29, 1.82) is 5.26 Å². The summed E-state index contributed by atoms with van der Waals surface area (Å²) in [6.07, 6.45) is 3.29. The Balaban J connectivity index is 1.94. The zero-order valence-corrected chi connectivity index (χ0v) is 12.2. The van der Waals surface area contributed by atoms with Crippen LogP contribution in [-0.4, -0.2) is 13.0 Å². The molecule has 0 N–H and O–H groups in total. The van der Waals surface area contributed by atoms with Gasteiger partial charge in [0.1, 0.15) is 5.41 Å². The topological polar surface area (TPSA) is 44.1 Å². The average molecular weight is 278 g/mol. The number of nitriles is 1. The Morgan fingerprint density at radius 3 is 2.48 bits per heavy atom. The highest BCUT2D eigenvalue weighted by atomic mass is 16.2. The molecule has 1 aliphatic carbocycles. The van der Waals surface area contributed by atoms with Crippen molar-refractivity contribution in [1.82, 2.24) is 0 Å². The zero-order valence-electron chi connectivity index (χ0n) is 12.2. The predicted octanol–water partition coefficient (Wildman–Crippen LogP) is 3.89. The molecule has 1 aliphatic rings. The Labute approximate surface area is 124 Å². The lowest BCUT2D eigenvalue weighted by Gasteiger charge is -2.26. The third kappa shape index (κ3) is 2.27. The molecule has 3 heteroatoms. The molecule has 3 nitrogen and oxygen atoms in total. The van der Waals surface area contributed by atoms with E-state index in [2.05, 4.69) is 12.1 Å². The van der Waals surface area contributed by atoms with Crippen molar-refractivity contribution in [2.75, 3.05) is 11.9 Å². The van der Waals surface area contributed by atoms with E-state index in [1.165, 1.54) is 0 Å². The van der Waals surface area contributed by atoms with Gasteiger partial charge in [-0.2, -0.15) is 5.26 Å². The number of amides is 1. The van der Waals surface area contributed by atoms with Gasteiger partial charge in [-0.3, -0.25) is 4.79 Å². The SMILES string of the molecule is CN(C(=O)C1(C#N)CCCC1)c1ccc2ccccc2c1. The number of benzene rings is 2. The van der Waals surface area contributed by atoms with Crippen molar-refractivity contribution < 1.29 is 4.79 Å². The average Bonchev–Trinajstić information content (AvgIpc) is 3.03. The van der Waals surface area contributed by atoms with E-state index < -0.39 is 5.41 Å². The number of hydrogen-bond donors (Lipinski definition) is 0. The summed E-state index contributed by atoms with van der Waals surface area (Å²) < 4.78 is 0. The molecular weight excluding hydrogens is 260 g/mol. The molecule has 0 aromatic heterocycles. The van der Waals surface area contributed by atoms with E-state index >= 15 is 0 Å². The molecule has 0 saturated heterocycles. The first-order valence-electron chi connectivity index (χ1n) is 7.34. The highest BCUT2D eigenvalue weighted by Gasteiger charge is 2.43. The Morgan fingerprint density at radius 2 is 1.81 bits per heavy atom. The van der Waals surface area contributed by atoms with Crippen LogP contribution in [0.15, 0.2) is 42.5 Å². The van der Waals surface area contributed by atoms with E-state index in [0.717, 1.165) is 29.3 Å². The predicted molar refractivity (Wildman–Crippen MR) is 83.9 cm³/mol. The standard InChI is InChI=1S/C18H18N2O/c1-20(17(21)18(13-19)10-4-5-11-18)16-9-8-14-6-2-3-7-15(14)12-16/h2-3,6-9,12H,4-5,10-11H2,1H3. The summed E-state index contributed by atoms with van der Waals surface area (Å²) in [5.41, 5.74) is 0.0284. The molecule has 0 heterocycles. The first kappa shape index (κ1) is 13.6. The normalized spacial score (nSPS) is 16.6. The van der Waals surface area contributed by atoms with Crippen molar-refractivity contribution in [3.63, 3.8) is 0 Å². The molecule has 0 atom stereocenters. The van der Waals surface area contributed by atoms with Gasteiger partial charge in [0, 0.05) is 12.7 Å². The van der Waals surface area contributed by atoms with Crippen molar-refractivity contribution in [3.8, 4) is 6.07 Å².